The number of aliphatic carboxylic acids is 1. The van der Waals surface area contributed by atoms with E-state index in [4.69, 9.17) is 11.6 Å². The number of thiophene rings is 1. The quantitative estimate of drug-likeness (QED) is 0.293. The first-order valence-corrected chi connectivity index (χ1v) is 15.3. The number of hydrogen-bond donors (Lipinski definition) is 2. The minimum absolute atomic E-state index is 0.0612. The third-order valence-electron chi connectivity index (χ3n) is 6.60. The fourth-order valence-corrected chi connectivity index (χ4v) is 6.35. The zero-order valence-electron chi connectivity index (χ0n) is 21.2. The Morgan fingerprint density at radius 1 is 1.18 bits per heavy atom. The molecule has 5 rings (SSSR count). The average Bonchev–Trinajstić information content (AvgIpc) is 3.57. The molecule has 1 unspecified atom stereocenters. The number of carbonyl (C=O) groups excluding carboxylic acids is 2. The van der Waals surface area contributed by atoms with Crippen LogP contribution in [0.2, 0.25) is 5.02 Å². The van der Waals surface area contributed by atoms with Crippen LogP contribution in [0.25, 0.3) is 17.0 Å². The average molecular weight is 598 g/mol. The first-order chi connectivity index (χ1) is 19.0. The third-order valence-corrected chi connectivity index (χ3v) is 8.85. The Bertz CT molecular complexity index is 1780. The van der Waals surface area contributed by atoms with Crippen LogP contribution in [0.3, 0.4) is 0 Å². The highest BCUT2D eigenvalue weighted by Crippen LogP contribution is 2.34. The van der Waals surface area contributed by atoms with Crippen molar-refractivity contribution in [2.45, 2.75) is 30.6 Å². The smallest absolute Gasteiger partial charge is 0.326 e. The second kappa shape index (κ2) is 10.9. The van der Waals surface area contributed by atoms with Gasteiger partial charge < -0.3 is 19.9 Å². The van der Waals surface area contributed by atoms with Gasteiger partial charge in [-0.05, 0) is 52.9 Å². The number of carbonyl (C=O) groups is 3. The summed E-state index contributed by atoms with van der Waals surface area (Å²) in [7, 11) is -3.48. The lowest BCUT2D eigenvalue weighted by molar-refractivity contribution is -0.139. The number of rotatable bonds is 8. The van der Waals surface area contributed by atoms with Gasteiger partial charge in [0.05, 0.1) is 27.7 Å². The number of hydrogen-bond acceptors (Lipinski definition) is 6. The van der Waals surface area contributed by atoms with Crippen LogP contribution in [-0.2, 0) is 39.1 Å². The highest BCUT2D eigenvalue weighted by molar-refractivity contribution is 7.90. The number of sulfone groups is 1. The molecule has 0 bridgehead atoms. The van der Waals surface area contributed by atoms with E-state index in [1.54, 1.807) is 35.4 Å². The van der Waals surface area contributed by atoms with Crippen LogP contribution in [0.1, 0.15) is 26.4 Å². The molecular weight excluding hydrogens is 574 g/mol. The van der Waals surface area contributed by atoms with Gasteiger partial charge in [-0.3, -0.25) is 9.59 Å². The summed E-state index contributed by atoms with van der Waals surface area (Å²) in [5.74, 6) is -2.10. The van der Waals surface area contributed by atoms with E-state index >= 15 is 0 Å². The van der Waals surface area contributed by atoms with Crippen molar-refractivity contribution in [2.75, 3.05) is 6.26 Å². The number of carboxylic acid groups (broad SMARTS) is 1. The molecule has 1 atom stereocenters. The molecule has 0 spiro atoms. The normalized spacial score (nSPS) is 14.0. The van der Waals surface area contributed by atoms with Crippen molar-refractivity contribution < 1.29 is 27.9 Å². The molecule has 2 amide bonds. The van der Waals surface area contributed by atoms with E-state index in [0.717, 1.165) is 22.2 Å². The van der Waals surface area contributed by atoms with Gasteiger partial charge in [-0.2, -0.15) is 0 Å². The summed E-state index contributed by atoms with van der Waals surface area (Å²) in [6.07, 6.45) is 6.00. The van der Waals surface area contributed by atoms with E-state index in [-0.39, 0.29) is 34.5 Å². The molecule has 2 aromatic carbocycles. The molecule has 0 saturated carbocycles. The van der Waals surface area contributed by atoms with E-state index < -0.39 is 27.8 Å². The van der Waals surface area contributed by atoms with E-state index in [2.05, 4.69) is 5.32 Å². The Hall–Kier alpha value is -3.93. The molecule has 3 heterocycles. The maximum Gasteiger partial charge on any atom is 0.326 e. The summed E-state index contributed by atoms with van der Waals surface area (Å²) >= 11 is 8.10. The van der Waals surface area contributed by atoms with Gasteiger partial charge in [0.1, 0.15) is 6.04 Å². The summed E-state index contributed by atoms with van der Waals surface area (Å²) < 4.78 is 25.7. The first-order valence-electron chi connectivity index (χ1n) is 12.1. The number of aromatic nitrogens is 1. The summed E-state index contributed by atoms with van der Waals surface area (Å²) in [6, 6.07) is 11.8. The second-order valence-electron chi connectivity index (χ2n) is 9.45. The maximum atomic E-state index is 13.4. The predicted molar refractivity (Wildman–Crippen MR) is 153 cm³/mol. The minimum Gasteiger partial charge on any atom is -0.480 e. The topological polar surface area (TPSA) is 126 Å². The fraction of sp³-hybridized carbons (Fsp3) is 0.179. The Balaban J connectivity index is 1.38. The van der Waals surface area contributed by atoms with Gasteiger partial charge in [-0.25, -0.2) is 13.2 Å². The van der Waals surface area contributed by atoms with Gasteiger partial charge in [-0.1, -0.05) is 29.8 Å². The number of halogens is 1. The monoisotopic (exact) mass is 597 g/mol. The van der Waals surface area contributed by atoms with Crippen molar-refractivity contribution in [3.8, 4) is 0 Å². The van der Waals surface area contributed by atoms with Crippen LogP contribution in [-0.4, -0.2) is 53.1 Å². The molecule has 206 valence electrons. The summed E-state index contributed by atoms with van der Waals surface area (Å²) in [6.45, 7) is 0.575. The SMILES string of the molecule is CS(=O)(=O)c1cccc(CC(NC(=O)c2c(Cl)cc3c4c2ccn4CN(C(=O)C=Cc2cccs2)C3)C(=O)O)c1. The van der Waals surface area contributed by atoms with Gasteiger partial charge >= 0.3 is 5.97 Å². The zero-order valence-corrected chi connectivity index (χ0v) is 23.6. The largest absolute Gasteiger partial charge is 0.480 e. The van der Waals surface area contributed by atoms with E-state index in [1.807, 2.05) is 22.1 Å². The van der Waals surface area contributed by atoms with E-state index in [0.29, 0.717) is 17.5 Å². The van der Waals surface area contributed by atoms with Crippen molar-refractivity contribution in [2.24, 2.45) is 0 Å². The van der Waals surface area contributed by atoms with Crippen LogP contribution < -0.4 is 5.32 Å². The summed E-state index contributed by atoms with van der Waals surface area (Å²) in [4.78, 5) is 41.0. The molecule has 4 aromatic rings. The van der Waals surface area contributed by atoms with Crippen molar-refractivity contribution in [3.05, 3.63) is 92.8 Å². The molecule has 2 N–H and O–H groups in total. The Morgan fingerprint density at radius 3 is 2.67 bits per heavy atom. The molecule has 9 nitrogen and oxygen atoms in total. The lowest BCUT2D eigenvalue weighted by Gasteiger charge is -2.29. The number of nitrogens with zero attached hydrogens (tertiary/aromatic N) is 2. The molecule has 1 aliphatic rings. The predicted octanol–water partition coefficient (Wildman–Crippen LogP) is 4.20. The standard InChI is InChI=1S/C28H24ClN3O6S2/c1-40(37,38)20-6-2-4-17(12-20)13-23(28(35)36)30-27(34)25-21-9-10-31-16-32(15-18(26(21)31)14-22(25)29)24(33)8-7-19-5-3-11-39-19/h2-12,14,23H,13,15-16H2,1H3,(H,30,34)(H,35,36). The fourth-order valence-electron chi connectivity index (χ4n) is 4.72. The van der Waals surface area contributed by atoms with Crippen LogP contribution in [0, 0.1) is 0 Å². The van der Waals surface area contributed by atoms with Crippen molar-refractivity contribution in [1.82, 2.24) is 14.8 Å². The van der Waals surface area contributed by atoms with Crippen LogP contribution >= 0.6 is 22.9 Å². The molecule has 0 fully saturated rings. The zero-order chi connectivity index (χ0) is 28.6. The lowest BCUT2D eigenvalue weighted by atomic mass is 10.0. The lowest BCUT2D eigenvalue weighted by Crippen LogP contribution is -2.42. The number of amides is 2. The Kier molecular flexibility index (Phi) is 7.54. The Labute approximate surface area is 239 Å². The van der Waals surface area contributed by atoms with E-state index in [1.165, 1.54) is 35.6 Å². The molecule has 12 heteroatoms. The van der Waals surface area contributed by atoms with Gasteiger partial charge in [0.25, 0.3) is 5.91 Å². The molecule has 0 saturated heterocycles. The maximum absolute atomic E-state index is 13.4. The molecule has 40 heavy (non-hydrogen) atoms. The molecular formula is C28H24ClN3O6S2. The highest BCUT2D eigenvalue weighted by atomic mass is 35.5. The van der Waals surface area contributed by atoms with Crippen LogP contribution in [0.15, 0.2) is 71.1 Å². The highest BCUT2D eigenvalue weighted by Gasteiger charge is 2.28. The number of carboxylic acids is 1. The van der Waals surface area contributed by atoms with E-state index in [9.17, 15) is 27.9 Å². The molecule has 0 radical (unpaired) electrons. The van der Waals surface area contributed by atoms with Gasteiger partial charge in [0.15, 0.2) is 9.84 Å². The van der Waals surface area contributed by atoms with Crippen LogP contribution in [0.5, 0.6) is 0 Å². The summed E-state index contributed by atoms with van der Waals surface area (Å²) in [5.41, 5.74) is 2.08. The van der Waals surface area contributed by atoms with Crippen molar-refractivity contribution in [1.29, 1.82) is 0 Å². The van der Waals surface area contributed by atoms with Crippen molar-refractivity contribution in [3.63, 3.8) is 0 Å². The van der Waals surface area contributed by atoms with Gasteiger partial charge in [0, 0.05) is 41.8 Å². The second-order valence-corrected chi connectivity index (χ2v) is 12.9. The van der Waals surface area contributed by atoms with Crippen LogP contribution in [0.4, 0.5) is 0 Å². The molecule has 2 aromatic heterocycles. The Morgan fingerprint density at radius 2 is 1.98 bits per heavy atom. The third kappa shape index (κ3) is 5.67. The van der Waals surface area contributed by atoms with Crippen molar-refractivity contribution >= 4 is 67.5 Å². The number of benzene rings is 2. The summed E-state index contributed by atoms with van der Waals surface area (Å²) in [5, 5.41) is 15.0. The van der Waals surface area contributed by atoms with Gasteiger partial charge in [0.2, 0.25) is 5.91 Å². The minimum atomic E-state index is -3.48. The molecule has 0 aliphatic carbocycles. The molecule has 1 aliphatic heterocycles. The van der Waals surface area contributed by atoms with Gasteiger partial charge in [-0.15, -0.1) is 11.3 Å². The first kappa shape index (κ1) is 27.6. The number of nitrogens with one attached hydrogen (secondary N) is 1.